The average Bonchev–Trinajstić information content (AvgIpc) is 2.53. The second-order valence-corrected chi connectivity index (χ2v) is 8.67. The molecule has 128 valence electrons. The molecule has 0 heterocycles. The summed E-state index contributed by atoms with van der Waals surface area (Å²) in [5, 5.41) is 4.60. The number of benzene rings is 2. The van der Waals surface area contributed by atoms with Gasteiger partial charge in [0, 0.05) is 5.02 Å². The summed E-state index contributed by atoms with van der Waals surface area (Å²) in [6.45, 7) is 7.96. The molecule has 1 N–H and O–H groups in total. The maximum Gasteiger partial charge on any atom is 0.276 e. The number of hydrogen-bond acceptors (Lipinski definition) is 3. The maximum absolute atomic E-state index is 12.3. The van der Waals surface area contributed by atoms with Gasteiger partial charge in [0.05, 0.1) is 10.6 Å². The summed E-state index contributed by atoms with van der Waals surface area (Å²) in [4.78, 5) is 2.46. The number of sulfonamides is 1. The van der Waals surface area contributed by atoms with Crippen molar-refractivity contribution in [2.45, 2.75) is 38.0 Å². The van der Waals surface area contributed by atoms with Crippen molar-refractivity contribution in [1.29, 1.82) is 0 Å². The molecule has 2 aromatic carbocycles. The molecule has 0 unspecified atom stereocenters. The summed E-state index contributed by atoms with van der Waals surface area (Å²) < 4.78 is 24.7. The molecule has 4 nitrogen and oxygen atoms in total. The first kappa shape index (κ1) is 18.5. The molecule has 0 bridgehead atoms. The van der Waals surface area contributed by atoms with Crippen LogP contribution in [0.1, 0.15) is 38.8 Å². The van der Waals surface area contributed by atoms with Gasteiger partial charge >= 0.3 is 0 Å². The summed E-state index contributed by atoms with van der Waals surface area (Å²) >= 11 is 5.84. The van der Waals surface area contributed by atoms with E-state index in [-0.39, 0.29) is 10.3 Å². The fourth-order valence-electron chi connectivity index (χ4n) is 2.07. The normalized spacial score (nSPS) is 13.0. The molecule has 0 aliphatic rings. The van der Waals surface area contributed by atoms with Gasteiger partial charge in [-0.3, -0.25) is 0 Å². The van der Waals surface area contributed by atoms with E-state index < -0.39 is 10.0 Å². The van der Waals surface area contributed by atoms with Crippen LogP contribution in [0, 0.1) is 0 Å². The molecular formula is C18H21ClN2O2S. The maximum atomic E-state index is 12.3. The number of nitrogens with one attached hydrogen (secondary N) is 1. The van der Waals surface area contributed by atoms with Crippen LogP contribution in [0.5, 0.6) is 0 Å². The molecule has 0 spiro atoms. The smallest absolute Gasteiger partial charge is 0.200 e. The van der Waals surface area contributed by atoms with Crippen LogP contribution in [0.3, 0.4) is 0 Å². The van der Waals surface area contributed by atoms with Crippen LogP contribution in [-0.2, 0) is 15.4 Å². The van der Waals surface area contributed by atoms with E-state index in [9.17, 15) is 8.42 Å². The van der Waals surface area contributed by atoms with Crippen molar-refractivity contribution in [3.05, 3.63) is 64.7 Å². The Morgan fingerprint density at radius 2 is 1.54 bits per heavy atom. The molecule has 0 saturated carbocycles. The van der Waals surface area contributed by atoms with Gasteiger partial charge in [0.2, 0.25) is 0 Å². The first-order valence-corrected chi connectivity index (χ1v) is 9.38. The lowest BCUT2D eigenvalue weighted by molar-refractivity contribution is 0.580. The molecule has 0 aliphatic heterocycles. The van der Waals surface area contributed by atoms with Crippen LogP contribution in [-0.4, -0.2) is 14.1 Å². The minimum atomic E-state index is -3.70. The van der Waals surface area contributed by atoms with Crippen LogP contribution in [0.2, 0.25) is 5.02 Å². The molecule has 6 heteroatoms. The van der Waals surface area contributed by atoms with Gasteiger partial charge in [-0.1, -0.05) is 56.6 Å². The summed E-state index contributed by atoms with van der Waals surface area (Å²) in [7, 11) is -3.70. The zero-order chi connectivity index (χ0) is 18.0. The van der Waals surface area contributed by atoms with Gasteiger partial charge in [0.25, 0.3) is 10.0 Å². The zero-order valence-corrected chi connectivity index (χ0v) is 15.7. The topological polar surface area (TPSA) is 58.5 Å². The number of hydrazone groups is 1. The van der Waals surface area contributed by atoms with Gasteiger partial charge < -0.3 is 0 Å². The van der Waals surface area contributed by atoms with E-state index in [0.29, 0.717) is 10.7 Å². The molecule has 2 aromatic rings. The average molecular weight is 365 g/mol. The number of rotatable bonds is 4. The second-order valence-electron chi connectivity index (χ2n) is 6.57. The summed E-state index contributed by atoms with van der Waals surface area (Å²) in [6.07, 6.45) is 0. The fourth-order valence-corrected chi connectivity index (χ4v) is 3.05. The van der Waals surface area contributed by atoms with Crippen LogP contribution in [0.25, 0.3) is 0 Å². The van der Waals surface area contributed by atoms with Gasteiger partial charge in [0.15, 0.2) is 0 Å². The van der Waals surface area contributed by atoms with E-state index in [1.54, 1.807) is 43.3 Å². The molecule has 0 aliphatic carbocycles. The van der Waals surface area contributed by atoms with Gasteiger partial charge in [-0.05, 0) is 47.7 Å². The standard InChI is InChI=1S/C18H21ClN2O2S/c1-13(14-5-9-16(19)10-6-14)20-21-24(22,23)17-11-7-15(8-12-17)18(2,3)4/h5-12,21H,1-4H3/b20-13+. The Labute approximate surface area is 148 Å². The highest BCUT2D eigenvalue weighted by atomic mass is 35.5. The van der Waals surface area contributed by atoms with E-state index in [0.717, 1.165) is 11.1 Å². The van der Waals surface area contributed by atoms with E-state index >= 15 is 0 Å². The third-order valence-electron chi connectivity index (χ3n) is 3.63. The van der Waals surface area contributed by atoms with Crippen molar-refractivity contribution in [2.24, 2.45) is 5.10 Å². The van der Waals surface area contributed by atoms with Crippen LogP contribution in [0.4, 0.5) is 0 Å². The van der Waals surface area contributed by atoms with E-state index in [4.69, 9.17) is 11.6 Å². The molecule has 24 heavy (non-hydrogen) atoms. The zero-order valence-electron chi connectivity index (χ0n) is 14.2. The van der Waals surface area contributed by atoms with Crippen LogP contribution < -0.4 is 4.83 Å². The van der Waals surface area contributed by atoms with Crippen molar-refractivity contribution in [2.75, 3.05) is 0 Å². The minimum Gasteiger partial charge on any atom is -0.200 e. The fraction of sp³-hybridized carbons (Fsp3) is 0.278. The van der Waals surface area contributed by atoms with E-state index in [2.05, 4.69) is 30.7 Å². The van der Waals surface area contributed by atoms with Crippen molar-refractivity contribution in [3.8, 4) is 0 Å². The van der Waals surface area contributed by atoms with Gasteiger partial charge in [0.1, 0.15) is 0 Å². The lowest BCUT2D eigenvalue weighted by atomic mass is 9.87. The molecule has 0 atom stereocenters. The predicted octanol–water partition coefficient (Wildman–Crippen LogP) is 4.34. The van der Waals surface area contributed by atoms with Crippen molar-refractivity contribution >= 4 is 27.3 Å². The molecular weight excluding hydrogens is 344 g/mol. The molecule has 0 fully saturated rings. The lowest BCUT2D eigenvalue weighted by Gasteiger charge is -2.19. The molecule has 0 amide bonds. The number of nitrogens with zero attached hydrogens (tertiary/aromatic N) is 1. The monoisotopic (exact) mass is 364 g/mol. The Morgan fingerprint density at radius 1 is 1.00 bits per heavy atom. The van der Waals surface area contributed by atoms with Gasteiger partial charge in [-0.2, -0.15) is 18.4 Å². The Morgan fingerprint density at radius 3 is 2.04 bits per heavy atom. The first-order chi connectivity index (χ1) is 11.1. The van der Waals surface area contributed by atoms with Crippen molar-refractivity contribution in [1.82, 2.24) is 4.83 Å². The summed E-state index contributed by atoms with van der Waals surface area (Å²) in [5.74, 6) is 0. The van der Waals surface area contributed by atoms with Gasteiger partial charge in [-0.25, -0.2) is 0 Å². The first-order valence-electron chi connectivity index (χ1n) is 7.52. The number of hydrogen-bond donors (Lipinski definition) is 1. The Hall–Kier alpha value is -1.85. The van der Waals surface area contributed by atoms with Crippen molar-refractivity contribution < 1.29 is 8.42 Å². The second kappa shape index (κ2) is 6.95. The third-order valence-corrected chi connectivity index (χ3v) is 5.10. The summed E-state index contributed by atoms with van der Waals surface area (Å²) in [5.41, 5.74) is 2.40. The third kappa shape index (κ3) is 4.58. The van der Waals surface area contributed by atoms with Gasteiger partial charge in [-0.15, -0.1) is 0 Å². The predicted molar refractivity (Wildman–Crippen MR) is 99.1 cm³/mol. The molecule has 0 aromatic heterocycles. The Balaban J connectivity index is 2.19. The largest absolute Gasteiger partial charge is 0.276 e. The minimum absolute atomic E-state index is 0.0287. The molecule has 2 rings (SSSR count). The molecule has 0 radical (unpaired) electrons. The summed E-state index contributed by atoms with van der Waals surface area (Å²) in [6, 6.07) is 13.9. The Bertz CT molecular complexity index is 834. The molecule has 0 saturated heterocycles. The Kier molecular flexibility index (Phi) is 5.35. The van der Waals surface area contributed by atoms with E-state index in [1.165, 1.54) is 0 Å². The SMILES string of the molecule is C/C(=N\NS(=O)(=O)c1ccc(C(C)(C)C)cc1)c1ccc(Cl)cc1. The number of halogens is 1. The highest BCUT2D eigenvalue weighted by Crippen LogP contribution is 2.23. The lowest BCUT2D eigenvalue weighted by Crippen LogP contribution is -2.20. The highest BCUT2D eigenvalue weighted by Gasteiger charge is 2.17. The van der Waals surface area contributed by atoms with Crippen molar-refractivity contribution in [3.63, 3.8) is 0 Å². The van der Waals surface area contributed by atoms with Crippen LogP contribution in [0.15, 0.2) is 58.5 Å². The highest BCUT2D eigenvalue weighted by molar-refractivity contribution is 7.89. The van der Waals surface area contributed by atoms with Crippen LogP contribution >= 0.6 is 11.6 Å². The quantitative estimate of drug-likeness (QED) is 0.648. The van der Waals surface area contributed by atoms with E-state index in [1.807, 2.05) is 12.1 Å².